The van der Waals surface area contributed by atoms with Crippen molar-refractivity contribution in [3.63, 3.8) is 0 Å². The molecule has 0 radical (unpaired) electrons. The van der Waals surface area contributed by atoms with Gasteiger partial charge in [-0.3, -0.25) is 4.79 Å². The molecular weight excluding hydrogens is 612 g/mol. The zero-order valence-corrected chi connectivity index (χ0v) is 22.5. The predicted octanol–water partition coefficient (Wildman–Crippen LogP) is -2.24. The van der Waals surface area contributed by atoms with Gasteiger partial charge in [-0.2, -0.15) is 0 Å². The quantitative estimate of drug-likeness (QED) is 0.122. The van der Waals surface area contributed by atoms with E-state index in [1.807, 2.05) is 0 Å². The van der Waals surface area contributed by atoms with Crippen LogP contribution in [0, 0.1) is 0 Å². The molecule has 2 fully saturated rings. The fourth-order valence-electron chi connectivity index (χ4n) is 4.86. The van der Waals surface area contributed by atoms with Gasteiger partial charge in [0, 0.05) is 23.8 Å². The third-order valence-electron chi connectivity index (χ3n) is 7.19. The first kappa shape index (κ1) is 31.9. The molecule has 2 aromatic carbocycles. The lowest BCUT2D eigenvalue weighted by Crippen LogP contribution is -2.66. The molecule has 2 saturated heterocycles. The number of ether oxygens (including phenoxy) is 4. The van der Waals surface area contributed by atoms with Gasteiger partial charge in [0.2, 0.25) is 6.29 Å². The van der Waals surface area contributed by atoms with Crippen molar-refractivity contribution in [1.29, 1.82) is 0 Å². The molecule has 2 aliphatic heterocycles. The number of rotatable bonds is 7. The zero-order valence-electron chi connectivity index (χ0n) is 22.5. The van der Waals surface area contributed by atoms with Crippen molar-refractivity contribution in [3.05, 3.63) is 46.6 Å². The summed E-state index contributed by atoms with van der Waals surface area (Å²) in [6, 6.07) is 6.51. The van der Waals surface area contributed by atoms with Crippen LogP contribution in [-0.2, 0) is 23.8 Å². The van der Waals surface area contributed by atoms with Crippen molar-refractivity contribution >= 4 is 22.9 Å². The van der Waals surface area contributed by atoms with Gasteiger partial charge in [0.1, 0.15) is 58.7 Å². The summed E-state index contributed by atoms with van der Waals surface area (Å²) in [7, 11) is 0. The number of carboxylic acid groups (broad SMARTS) is 2. The molecule has 3 heterocycles. The van der Waals surface area contributed by atoms with Gasteiger partial charge in [-0.05, 0) is 18.2 Å². The van der Waals surface area contributed by atoms with Crippen molar-refractivity contribution in [2.75, 3.05) is 0 Å². The molecule has 0 amide bonds. The largest absolute Gasteiger partial charge is 0.507 e. The van der Waals surface area contributed by atoms with Crippen LogP contribution in [0.25, 0.3) is 22.3 Å². The first-order valence-electron chi connectivity index (χ1n) is 13.0. The number of aliphatic hydroxyl groups is 5. The van der Waals surface area contributed by atoms with Crippen LogP contribution in [-0.4, -0.2) is 124 Å². The van der Waals surface area contributed by atoms with Gasteiger partial charge in [0.05, 0.1) is 0 Å². The maximum absolute atomic E-state index is 12.8. The van der Waals surface area contributed by atoms with Crippen LogP contribution in [0.15, 0.2) is 45.6 Å². The molecule has 10 N–H and O–H groups in total. The number of phenols is 3. The lowest BCUT2D eigenvalue weighted by molar-refractivity contribution is -0.350. The van der Waals surface area contributed by atoms with Crippen LogP contribution in [0.2, 0.25) is 0 Å². The number of benzene rings is 2. The number of phenolic OH excluding ortho intramolecular Hbond substituents is 3. The summed E-state index contributed by atoms with van der Waals surface area (Å²) in [5.41, 5.74) is -0.880. The summed E-state index contributed by atoms with van der Waals surface area (Å²) in [6.45, 7) is 0. The molecule has 1 aromatic heterocycles. The SMILES string of the molecule is O=C(O)C1O[C@@H](O[C@H]2C(O)[C@H](O)C(C(=O)O)O[C@H]2Oc2cc(O)c3c(=O)cc(-c4ccc(O)c(O)c4)oc3c2)[C@@H](O)C(O)[C@@H]1O. The van der Waals surface area contributed by atoms with E-state index in [1.165, 1.54) is 6.07 Å². The van der Waals surface area contributed by atoms with Crippen molar-refractivity contribution in [2.24, 2.45) is 0 Å². The number of aliphatic carboxylic acids is 2. The Kier molecular flexibility index (Phi) is 8.58. The average Bonchev–Trinajstić information content (AvgIpc) is 2.97. The van der Waals surface area contributed by atoms with Gasteiger partial charge < -0.3 is 74.4 Å². The van der Waals surface area contributed by atoms with Crippen LogP contribution < -0.4 is 10.2 Å². The smallest absolute Gasteiger partial charge is 0.335 e. The first-order chi connectivity index (χ1) is 21.2. The number of fused-ring (bicyclic) bond motifs is 1. The van der Waals surface area contributed by atoms with E-state index in [9.17, 15) is 65.4 Å². The Morgan fingerprint density at radius 2 is 1.31 bits per heavy atom. The Morgan fingerprint density at radius 3 is 1.93 bits per heavy atom. The average molecular weight is 638 g/mol. The second-order valence-electron chi connectivity index (χ2n) is 10.2. The van der Waals surface area contributed by atoms with Crippen LogP contribution >= 0.6 is 0 Å². The van der Waals surface area contributed by atoms with E-state index in [4.69, 9.17) is 23.4 Å². The van der Waals surface area contributed by atoms with Gasteiger partial charge in [-0.15, -0.1) is 0 Å². The molecule has 18 nitrogen and oxygen atoms in total. The van der Waals surface area contributed by atoms with Crippen molar-refractivity contribution in [3.8, 4) is 34.3 Å². The van der Waals surface area contributed by atoms with E-state index in [0.717, 1.165) is 30.3 Å². The monoisotopic (exact) mass is 638 g/mol. The lowest BCUT2D eigenvalue weighted by atomic mass is 9.97. The van der Waals surface area contributed by atoms with E-state index < -0.39 is 96.0 Å². The molecule has 0 bridgehead atoms. The van der Waals surface area contributed by atoms with Crippen molar-refractivity contribution in [1.82, 2.24) is 0 Å². The molecule has 0 spiro atoms. The number of carbonyl (C=O) groups is 2. The molecule has 0 saturated carbocycles. The Morgan fingerprint density at radius 1 is 0.689 bits per heavy atom. The second kappa shape index (κ2) is 12.1. The minimum atomic E-state index is -2.17. The van der Waals surface area contributed by atoms with Gasteiger partial charge in [0.15, 0.2) is 41.5 Å². The fourth-order valence-corrected chi connectivity index (χ4v) is 4.86. The fraction of sp³-hybridized carbons (Fsp3) is 0.370. The molecular formula is C27H26O18. The van der Waals surface area contributed by atoms with Gasteiger partial charge >= 0.3 is 11.9 Å². The highest BCUT2D eigenvalue weighted by Crippen LogP contribution is 2.36. The number of carboxylic acids is 2. The Balaban J connectivity index is 1.51. The van der Waals surface area contributed by atoms with E-state index >= 15 is 0 Å². The lowest BCUT2D eigenvalue weighted by Gasteiger charge is -2.44. The predicted molar refractivity (Wildman–Crippen MR) is 141 cm³/mol. The number of aliphatic hydroxyl groups excluding tert-OH is 5. The third kappa shape index (κ3) is 5.95. The second-order valence-corrected chi connectivity index (χ2v) is 10.2. The van der Waals surface area contributed by atoms with Crippen LogP contribution in [0.4, 0.5) is 0 Å². The molecule has 5 rings (SSSR count). The van der Waals surface area contributed by atoms with Crippen molar-refractivity contribution < 1.29 is 84.0 Å². The molecule has 0 aliphatic carbocycles. The van der Waals surface area contributed by atoms with Crippen LogP contribution in [0.3, 0.4) is 0 Å². The molecule has 242 valence electrons. The van der Waals surface area contributed by atoms with Gasteiger partial charge in [0.25, 0.3) is 0 Å². The van der Waals surface area contributed by atoms with Crippen LogP contribution in [0.5, 0.6) is 23.0 Å². The minimum absolute atomic E-state index is 0.115. The van der Waals surface area contributed by atoms with Gasteiger partial charge in [-0.1, -0.05) is 0 Å². The normalized spacial score (nSPS) is 31.8. The van der Waals surface area contributed by atoms with E-state index in [2.05, 4.69) is 0 Å². The molecule has 45 heavy (non-hydrogen) atoms. The summed E-state index contributed by atoms with van der Waals surface area (Å²) in [4.78, 5) is 36.0. The molecule has 3 aromatic rings. The van der Waals surface area contributed by atoms with Gasteiger partial charge in [-0.25, -0.2) is 9.59 Å². The highest BCUT2D eigenvalue weighted by Gasteiger charge is 2.54. The summed E-state index contributed by atoms with van der Waals surface area (Å²) in [5.74, 6) is -5.65. The maximum Gasteiger partial charge on any atom is 0.335 e. The topological polar surface area (TPSA) is 304 Å². The highest BCUT2D eigenvalue weighted by atomic mass is 16.8. The summed E-state index contributed by atoms with van der Waals surface area (Å²) < 4.78 is 27.1. The Hall–Kier alpha value is -4.53. The third-order valence-corrected chi connectivity index (χ3v) is 7.19. The minimum Gasteiger partial charge on any atom is -0.507 e. The summed E-state index contributed by atoms with van der Waals surface area (Å²) in [6.07, 6.45) is -21.0. The number of hydrogen-bond donors (Lipinski definition) is 10. The maximum atomic E-state index is 12.8. The Labute approximate surface area is 249 Å². The molecule has 10 atom stereocenters. The van der Waals surface area contributed by atoms with Crippen LogP contribution in [0.1, 0.15) is 0 Å². The number of aromatic hydroxyl groups is 3. The molecule has 2 aliphatic rings. The standard InChI is InChI=1S/C27H26O18/c28-9-2-1-7(3-10(9)29)13-6-12(31)15-11(30)4-8(5-14(15)42-13)41-27-23(19(35)18(34)22(44-27)25(39)40)45-26-20(36)16(32)17(33)21(43-26)24(37)38/h1-6,16-23,26-30,32-36H,(H,37,38)(H,39,40)/t16?,17-,18-,19?,20-,21?,22?,23-,26-,27+/m0/s1. The molecule has 18 heteroatoms. The first-order valence-corrected chi connectivity index (χ1v) is 13.0. The Bertz CT molecular complexity index is 1670. The zero-order chi connectivity index (χ0) is 32.9. The summed E-state index contributed by atoms with van der Waals surface area (Å²) >= 11 is 0. The number of hydrogen-bond acceptors (Lipinski definition) is 16. The highest BCUT2D eigenvalue weighted by molar-refractivity contribution is 5.86. The van der Waals surface area contributed by atoms with Crippen molar-refractivity contribution in [2.45, 2.75) is 61.4 Å². The molecule has 4 unspecified atom stereocenters. The van der Waals surface area contributed by atoms with E-state index in [1.54, 1.807) is 0 Å². The summed E-state index contributed by atoms with van der Waals surface area (Å²) in [5, 5.41) is 100. The van der Waals surface area contributed by atoms with E-state index in [0.29, 0.717) is 0 Å². The van der Waals surface area contributed by atoms with E-state index in [-0.39, 0.29) is 28.0 Å².